The van der Waals surface area contributed by atoms with Gasteiger partial charge in [-0.25, -0.2) is 0 Å². The van der Waals surface area contributed by atoms with Gasteiger partial charge < -0.3 is 10.1 Å². The molecule has 0 amide bonds. The van der Waals surface area contributed by atoms with E-state index in [-0.39, 0.29) is 6.04 Å². The summed E-state index contributed by atoms with van der Waals surface area (Å²) in [5, 5.41) is 3.17. The van der Waals surface area contributed by atoms with E-state index < -0.39 is 0 Å². The standard InChI is InChI=1S/C10H16N2O/c1-8-4-5-9(6-12-8)10(11-2)7-13-3/h4-6,10-11H,7H2,1-3H3. The van der Waals surface area contributed by atoms with E-state index >= 15 is 0 Å². The van der Waals surface area contributed by atoms with Gasteiger partial charge in [-0.05, 0) is 25.6 Å². The summed E-state index contributed by atoms with van der Waals surface area (Å²) in [6.45, 7) is 2.65. The molecule has 0 aromatic carbocycles. The van der Waals surface area contributed by atoms with Crippen LogP contribution in [-0.4, -0.2) is 25.7 Å². The number of methoxy groups -OCH3 is 1. The van der Waals surface area contributed by atoms with Crippen LogP contribution in [0.5, 0.6) is 0 Å². The number of aromatic nitrogens is 1. The first kappa shape index (κ1) is 10.2. The highest BCUT2D eigenvalue weighted by Crippen LogP contribution is 2.11. The number of hydrogen-bond donors (Lipinski definition) is 1. The van der Waals surface area contributed by atoms with Crippen molar-refractivity contribution in [2.45, 2.75) is 13.0 Å². The molecule has 0 aliphatic heterocycles. The van der Waals surface area contributed by atoms with Crippen molar-refractivity contribution in [3.8, 4) is 0 Å². The van der Waals surface area contributed by atoms with E-state index in [0.29, 0.717) is 6.61 Å². The molecule has 13 heavy (non-hydrogen) atoms. The molecular weight excluding hydrogens is 164 g/mol. The predicted molar refractivity (Wildman–Crippen MR) is 52.7 cm³/mol. The molecule has 0 aliphatic rings. The third kappa shape index (κ3) is 2.79. The second-order valence-corrected chi connectivity index (χ2v) is 3.03. The van der Waals surface area contributed by atoms with Crippen LogP contribution >= 0.6 is 0 Å². The minimum Gasteiger partial charge on any atom is -0.383 e. The topological polar surface area (TPSA) is 34.1 Å². The Kier molecular flexibility index (Phi) is 3.86. The summed E-state index contributed by atoms with van der Waals surface area (Å²) in [7, 11) is 3.62. The van der Waals surface area contributed by atoms with Crippen LogP contribution in [0, 0.1) is 6.92 Å². The van der Waals surface area contributed by atoms with Crippen LogP contribution in [0.2, 0.25) is 0 Å². The van der Waals surface area contributed by atoms with E-state index in [1.54, 1.807) is 7.11 Å². The minimum absolute atomic E-state index is 0.234. The quantitative estimate of drug-likeness (QED) is 0.758. The molecule has 3 nitrogen and oxygen atoms in total. The van der Waals surface area contributed by atoms with Crippen molar-refractivity contribution in [3.63, 3.8) is 0 Å². The Morgan fingerprint density at radius 2 is 2.31 bits per heavy atom. The first-order chi connectivity index (χ1) is 6.27. The Bertz CT molecular complexity index is 246. The SMILES string of the molecule is CNC(COC)c1ccc(C)nc1. The number of pyridine rings is 1. The molecule has 1 rings (SSSR count). The Labute approximate surface area is 79.1 Å². The fraction of sp³-hybridized carbons (Fsp3) is 0.500. The summed E-state index contributed by atoms with van der Waals surface area (Å²) < 4.78 is 5.09. The van der Waals surface area contributed by atoms with Crippen molar-refractivity contribution in [3.05, 3.63) is 29.6 Å². The summed E-state index contributed by atoms with van der Waals surface area (Å²) >= 11 is 0. The van der Waals surface area contributed by atoms with Crippen molar-refractivity contribution in [1.82, 2.24) is 10.3 Å². The maximum absolute atomic E-state index is 5.09. The monoisotopic (exact) mass is 180 g/mol. The lowest BCUT2D eigenvalue weighted by Gasteiger charge is -2.14. The summed E-state index contributed by atoms with van der Waals surface area (Å²) in [6.07, 6.45) is 1.88. The molecule has 1 aromatic rings. The lowest BCUT2D eigenvalue weighted by molar-refractivity contribution is 0.170. The fourth-order valence-corrected chi connectivity index (χ4v) is 1.20. The fourth-order valence-electron chi connectivity index (χ4n) is 1.20. The number of ether oxygens (including phenoxy) is 1. The first-order valence-electron chi connectivity index (χ1n) is 4.36. The van der Waals surface area contributed by atoms with Crippen molar-refractivity contribution < 1.29 is 4.74 Å². The molecule has 0 saturated heterocycles. The van der Waals surface area contributed by atoms with Crippen molar-refractivity contribution in [2.24, 2.45) is 0 Å². The van der Waals surface area contributed by atoms with Crippen LogP contribution in [0.15, 0.2) is 18.3 Å². The highest BCUT2D eigenvalue weighted by molar-refractivity contribution is 5.17. The molecule has 72 valence electrons. The molecule has 1 heterocycles. The second-order valence-electron chi connectivity index (χ2n) is 3.03. The molecule has 0 radical (unpaired) electrons. The first-order valence-corrected chi connectivity index (χ1v) is 4.36. The molecule has 0 fully saturated rings. The Morgan fingerprint density at radius 3 is 2.77 bits per heavy atom. The maximum Gasteiger partial charge on any atom is 0.0658 e. The van der Waals surface area contributed by atoms with Crippen LogP contribution in [0.1, 0.15) is 17.3 Å². The van der Waals surface area contributed by atoms with Crippen LogP contribution in [-0.2, 0) is 4.74 Å². The second kappa shape index (κ2) is 4.94. The van der Waals surface area contributed by atoms with E-state index in [0.717, 1.165) is 11.3 Å². The van der Waals surface area contributed by atoms with Gasteiger partial charge in [0.2, 0.25) is 0 Å². The zero-order chi connectivity index (χ0) is 9.68. The van der Waals surface area contributed by atoms with E-state index in [1.165, 1.54) is 0 Å². The van der Waals surface area contributed by atoms with Gasteiger partial charge in [-0.3, -0.25) is 4.98 Å². The van der Waals surface area contributed by atoms with Gasteiger partial charge in [-0.2, -0.15) is 0 Å². The van der Waals surface area contributed by atoms with Gasteiger partial charge in [0, 0.05) is 19.0 Å². The lowest BCUT2D eigenvalue weighted by Crippen LogP contribution is -2.21. The van der Waals surface area contributed by atoms with Crippen LogP contribution in [0.3, 0.4) is 0 Å². The van der Waals surface area contributed by atoms with Crippen LogP contribution < -0.4 is 5.32 Å². The maximum atomic E-state index is 5.09. The van der Waals surface area contributed by atoms with Crippen LogP contribution in [0.25, 0.3) is 0 Å². The molecule has 1 unspecified atom stereocenters. The molecule has 0 bridgehead atoms. The van der Waals surface area contributed by atoms with Crippen LogP contribution in [0.4, 0.5) is 0 Å². The number of rotatable bonds is 4. The molecule has 0 saturated carbocycles. The largest absolute Gasteiger partial charge is 0.383 e. The summed E-state index contributed by atoms with van der Waals surface area (Å²) in [6, 6.07) is 4.32. The van der Waals surface area contributed by atoms with Gasteiger partial charge in [0.1, 0.15) is 0 Å². The molecule has 1 atom stereocenters. The highest BCUT2D eigenvalue weighted by Gasteiger charge is 2.07. The number of likely N-dealkylation sites (N-methyl/N-ethyl adjacent to an activating group) is 1. The third-order valence-electron chi connectivity index (χ3n) is 2.02. The summed E-state index contributed by atoms with van der Waals surface area (Å²) in [4.78, 5) is 4.23. The molecule has 0 spiro atoms. The van der Waals surface area contributed by atoms with E-state index in [2.05, 4.69) is 16.4 Å². The molecule has 1 aromatic heterocycles. The number of hydrogen-bond acceptors (Lipinski definition) is 3. The van der Waals surface area contributed by atoms with E-state index in [9.17, 15) is 0 Å². The summed E-state index contributed by atoms with van der Waals surface area (Å²) in [5.41, 5.74) is 2.20. The van der Waals surface area contributed by atoms with Gasteiger partial charge in [0.25, 0.3) is 0 Å². The smallest absolute Gasteiger partial charge is 0.0658 e. The van der Waals surface area contributed by atoms with Gasteiger partial charge in [0.05, 0.1) is 12.6 Å². The third-order valence-corrected chi connectivity index (χ3v) is 2.02. The molecular formula is C10H16N2O. The number of aryl methyl sites for hydroxylation is 1. The minimum atomic E-state index is 0.234. The van der Waals surface area contributed by atoms with Gasteiger partial charge in [0.15, 0.2) is 0 Å². The predicted octanol–water partition coefficient (Wildman–Crippen LogP) is 1.30. The molecule has 3 heteroatoms. The Morgan fingerprint density at radius 1 is 1.54 bits per heavy atom. The van der Waals surface area contributed by atoms with Crippen molar-refractivity contribution >= 4 is 0 Å². The number of nitrogens with zero attached hydrogens (tertiary/aromatic N) is 1. The lowest BCUT2D eigenvalue weighted by atomic mass is 10.1. The average molecular weight is 180 g/mol. The zero-order valence-electron chi connectivity index (χ0n) is 8.37. The molecule has 0 aliphatic carbocycles. The Balaban J connectivity index is 2.73. The van der Waals surface area contributed by atoms with E-state index in [1.807, 2.05) is 26.2 Å². The summed E-state index contributed by atoms with van der Waals surface area (Å²) in [5.74, 6) is 0. The average Bonchev–Trinajstić information content (AvgIpc) is 2.16. The van der Waals surface area contributed by atoms with Crippen molar-refractivity contribution in [1.29, 1.82) is 0 Å². The Hall–Kier alpha value is -0.930. The van der Waals surface area contributed by atoms with Gasteiger partial charge >= 0.3 is 0 Å². The van der Waals surface area contributed by atoms with Gasteiger partial charge in [-0.15, -0.1) is 0 Å². The van der Waals surface area contributed by atoms with E-state index in [4.69, 9.17) is 4.74 Å². The van der Waals surface area contributed by atoms with Gasteiger partial charge in [-0.1, -0.05) is 6.07 Å². The van der Waals surface area contributed by atoms with Crippen molar-refractivity contribution in [2.75, 3.05) is 20.8 Å². The number of nitrogens with one attached hydrogen (secondary N) is 1. The molecule has 1 N–H and O–H groups in total. The zero-order valence-corrected chi connectivity index (χ0v) is 8.37. The normalized spacial score (nSPS) is 12.8. The highest BCUT2D eigenvalue weighted by atomic mass is 16.5.